The molecule has 0 saturated heterocycles. The molecule has 0 bridgehead atoms. The fraction of sp³-hybridized carbons (Fsp3) is 0.400. The summed E-state index contributed by atoms with van der Waals surface area (Å²) < 4.78 is 1.90. The normalized spacial score (nSPS) is 12.4. The summed E-state index contributed by atoms with van der Waals surface area (Å²) in [5.74, 6) is 0.835. The van der Waals surface area contributed by atoms with E-state index in [4.69, 9.17) is 0 Å². The number of aryl methyl sites for hydroxylation is 1. The minimum atomic E-state index is -0.172. The second kappa shape index (κ2) is 6.22. The van der Waals surface area contributed by atoms with Crippen molar-refractivity contribution < 1.29 is 9.59 Å². The molecule has 2 rings (SSSR count). The maximum atomic E-state index is 12.4. The van der Waals surface area contributed by atoms with Crippen molar-refractivity contribution in [3.05, 3.63) is 40.1 Å². The minimum absolute atomic E-state index is 0.0245. The zero-order valence-electron chi connectivity index (χ0n) is 12.6. The van der Waals surface area contributed by atoms with Crippen LogP contribution in [0, 0.1) is 5.92 Å². The lowest BCUT2D eigenvalue weighted by atomic mass is 10.0. The van der Waals surface area contributed by atoms with Crippen molar-refractivity contribution in [2.45, 2.75) is 26.8 Å². The van der Waals surface area contributed by atoms with Crippen LogP contribution in [0.5, 0.6) is 0 Å². The van der Waals surface area contributed by atoms with Crippen LogP contribution in [0.3, 0.4) is 0 Å². The van der Waals surface area contributed by atoms with Crippen LogP contribution >= 0.6 is 11.3 Å². The first-order valence-corrected chi connectivity index (χ1v) is 7.60. The number of amides is 1. The summed E-state index contributed by atoms with van der Waals surface area (Å²) in [6, 6.07) is 3.21. The molecule has 0 aliphatic carbocycles. The molecule has 0 aromatic carbocycles. The zero-order valence-corrected chi connectivity index (χ0v) is 13.4. The van der Waals surface area contributed by atoms with Crippen LogP contribution in [0.1, 0.15) is 52.0 Å². The molecule has 2 aromatic rings. The predicted molar refractivity (Wildman–Crippen MR) is 82.6 cm³/mol. The molecular weight excluding hydrogens is 286 g/mol. The molecule has 2 aromatic heterocycles. The van der Waals surface area contributed by atoms with E-state index < -0.39 is 0 Å². The van der Waals surface area contributed by atoms with Gasteiger partial charge in [0.1, 0.15) is 5.82 Å². The van der Waals surface area contributed by atoms with E-state index in [9.17, 15) is 9.59 Å². The number of nitrogens with zero attached hydrogens (tertiary/aromatic N) is 2. The van der Waals surface area contributed by atoms with Gasteiger partial charge in [0, 0.05) is 19.4 Å². The number of rotatable bonds is 5. The fourth-order valence-corrected chi connectivity index (χ4v) is 2.87. The first-order chi connectivity index (χ1) is 9.90. The number of nitrogens with one attached hydrogen (secondary N) is 1. The Balaban J connectivity index is 2.19. The van der Waals surface area contributed by atoms with Gasteiger partial charge >= 0.3 is 0 Å². The van der Waals surface area contributed by atoms with E-state index in [-0.39, 0.29) is 23.7 Å². The van der Waals surface area contributed by atoms with Gasteiger partial charge in [-0.15, -0.1) is 11.3 Å². The molecule has 0 radical (unpaired) electrons. The van der Waals surface area contributed by atoms with Crippen LogP contribution < -0.4 is 5.32 Å². The highest BCUT2D eigenvalue weighted by atomic mass is 32.1. The fourth-order valence-electron chi connectivity index (χ4n) is 2.07. The van der Waals surface area contributed by atoms with Gasteiger partial charge in [0.05, 0.1) is 15.8 Å². The topological polar surface area (TPSA) is 64.0 Å². The Kier molecular flexibility index (Phi) is 4.57. The monoisotopic (exact) mass is 305 g/mol. The molecule has 1 amide bonds. The Morgan fingerprint density at radius 2 is 1.95 bits per heavy atom. The van der Waals surface area contributed by atoms with E-state index in [0.717, 1.165) is 5.82 Å². The van der Waals surface area contributed by atoms with Crippen LogP contribution in [0.4, 0.5) is 0 Å². The minimum Gasteiger partial charge on any atom is -0.341 e. The van der Waals surface area contributed by atoms with Gasteiger partial charge in [0.15, 0.2) is 5.78 Å². The van der Waals surface area contributed by atoms with Gasteiger partial charge in [-0.05, 0) is 25.0 Å². The van der Waals surface area contributed by atoms with E-state index in [1.54, 1.807) is 18.3 Å². The highest BCUT2D eigenvalue weighted by Crippen LogP contribution is 2.22. The van der Waals surface area contributed by atoms with Gasteiger partial charge in [0.2, 0.25) is 0 Å². The summed E-state index contributed by atoms with van der Waals surface area (Å²) in [7, 11) is 1.91. The Morgan fingerprint density at radius 1 is 1.29 bits per heavy atom. The largest absolute Gasteiger partial charge is 0.341 e. The number of carbonyl (C=O) groups excluding carboxylic acids is 2. The summed E-state index contributed by atoms with van der Waals surface area (Å²) in [5.41, 5.74) is 0. The zero-order chi connectivity index (χ0) is 15.6. The quantitative estimate of drug-likeness (QED) is 0.864. The lowest BCUT2D eigenvalue weighted by molar-refractivity contribution is 0.0926. The number of thiophene rings is 1. The third-order valence-electron chi connectivity index (χ3n) is 3.27. The molecule has 0 aliphatic rings. The van der Waals surface area contributed by atoms with Crippen molar-refractivity contribution >= 4 is 23.0 Å². The summed E-state index contributed by atoms with van der Waals surface area (Å²) >= 11 is 1.22. The SMILES string of the molecule is CC(=O)c1ccc(C(=O)N[C@H](c2nccn2C)C(C)C)s1. The summed E-state index contributed by atoms with van der Waals surface area (Å²) in [6.07, 6.45) is 3.58. The van der Waals surface area contributed by atoms with Crippen LogP contribution in [-0.4, -0.2) is 21.2 Å². The first-order valence-electron chi connectivity index (χ1n) is 6.79. The maximum absolute atomic E-state index is 12.4. The summed E-state index contributed by atoms with van der Waals surface area (Å²) in [4.78, 5) is 29.1. The molecule has 0 unspecified atom stereocenters. The van der Waals surface area contributed by atoms with E-state index >= 15 is 0 Å². The van der Waals surface area contributed by atoms with Gasteiger partial charge < -0.3 is 9.88 Å². The number of hydrogen-bond acceptors (Lipinski definition) is 4. The molecule has 6 heteroatoms. The van der Waals surface area contributed by atoms with E-state index in [1.165, 1.54) is 18.3 Å². The highest BCUT2D eigenvalue weighted by Gasteiger charge is 2.23. The molecule has 0 aliphatic heterocycles. The molecule has 0 spiro atoms. The Bertz CT molecular complexity index is 657. The molecular formula is C15H19N3O2S. The van der Waals surface area contributed by atoms with Gasteiger partial charge in [0.25, 0.3) is 5.91 Å². The molecule has 1 N–H and O–H groups in total. The molecule has 2 heterocycles. The third-order valence-corrected chi connectivity index (χ3v) is 4.45. The van der Waals surface area contributed by atoms with E-state index in [0.29, 0.717) is 9.75 Å². The smallest absolute Gasteiger partial charge is 0.261 e. The molecule has 0 saturated carbocycles. The molecule has 21 heavy (non-hydrogen) atoms. The summed E-state index contributed by atoms with van der Waals surface area (Å²) in [6.45, 7) is 5.57. The molecule has 112 valence electrons. The Morgan fingerprint density at radius 3 is 2.43 bits per heavy atom. The van der Waals surface area contributed by atoms with E-state index in [2.05, 4.69) is 10.3 Å². The third kappa shape index (κ3) is 3.39. The summed E-state index contributed by atoms with van der Waals surface area (Å²) in [5, 5.41) is 3.01. The van der Waals surface area contributed by atoms with Crippen molar-refractivity contribution in [3.63, 3.8) is 0 Å². The second-order valence-corrected chi connectivity index (χ2v) is 6.40. The number of imidazole rings is 1. The van der Waals surface area contributed by atoms with Crippen LogP contribution in [0.25, 0.3) is 0 Å². The lowest BCUT2D eigenvalue weighted by Gasteiger charge is -2.21. The van der Waals surface area contributed by atoms with Crippen molar-refractivity contribution in [3.8, 4) is 0 Å². The number of hydrogen-bond donors (Lipinski definition) is 1. The average Bonchev–Trinajstić information content (AvgIpc) is 3.04. The predicted octanol–water partition coefficient (Wildman–Crippen LogP) is 2.81. The van der Waals surface area contributed by atoms with Crippen LogP contribution in [0.15, 0.2) is 24.5 Å². The van der Waals surface area contributed by atoms with Crippen molar-refractivity contribution in [1.82, 2.24) is 14.9 Å². The number of carbonyl (C=O) groups is 2. The maximum Gasteiger partial charge on any atom is 0.261 e. The molecule has 5 nitrogen and oxygen atoms in total. The lowest BCUT2D eigenvalue weighted by Crippen LogP contribution is -2.33. The standard InChI is InChI=1S/C15H19N3O2S/c1-9(2)13(14-16-7-8-18(14)4)17-15(20)12-6-5-11(21-12)10(3)19/h5-9,13H,1-4H3,(H,17,20)/t13-/m0/s1. The van der Waals surface area contributed by atoms with Crippen molar-refractivity contribution in [2.75, 3.05) is 0 Å². The van der Waals surface area contributed by atoms with Gasteiger partial charge in [-0.1, -0.05) is 13.8 Å². The van der Waals surface area contributed by atoms with Gasteiger partial charge in [-0.2, -0.15) is 0 Å². The van der Waals surface area contributed by atoms with E-state index in [1.807, 2.05) is 31.7 Å². The van der Waals surface area contributed by atoms with Gasteiger partial charge in [-0.25, -0.2) is 4.98 Å². The molecule has 0 fully saturated rings. The van der Waals surface area contributed by atoms with Gasteiger partial charge in [-0.3, -0.25) is 9.59 Å². The van der Waals surface area contributed by atoms with Crippen molar-refractivity contribution in [2.24, 2.45) is 13.0 Å². The molecule has 1 atom stereocenters. The Labute approximate surface area is 128 Å². The average molecular weight is 305 g/mol. The number of Topliss-reactive ketones (excluding diaryl/α,β-unsaturated/α-hetero) is 1. The Hall–Kier alpha value is -1.95. The number of aromatic nitrogens is 2. The van der Waals surface area contributed by atoms with Crippen molar-refractivity contribution in [1.29, 1.82) is 0 Å². The highest BCUT2D eigenvalue weighted by molar-refractivity contribution is 7.15. The number of ketones is 1. The second-order valence-electron chi connectivity index (χ2n) is 5.31. The first kappa shape index (κ1) is 15.4. The van der Waals surface area contributed by atoms with Crippen LogP contribution in [0.2, 0.25) is 0 Å². The van der Waals surface area contributed by atoms with Crippen LogP contribution in [-0.2, 0) is 7.05 Å².